The standard InChI is InChI=1S/C21H34N2O3/c1-17(2)16-21(3,25-4)20(24)22-18-8-10-19(11-9-18)26-15-7-14-23-12-5-6-13-23/h8-11,17H,5-7,12-16H2,1-4H3,(H,22,24). The van der Waals surface area contributed by atoms with E-state index in [0.717, 1.165) is 31.0 Å². The van der Waals surface area contributed by atoms with E-state index in [0.29, 0.717) is 12.3 Å². The number of likely N-dealkylation sites (tertiary alicyclic amines) is 1. The van der Waals surface area contributed by atoms with E-state index in [4.69, 9.17) is 9.47 Å². The maximum Gasteiger partial charge on any atom is 0.256 e. The Morgan fingerprint density at radius 2 is 1.88 bits per heavy atom. The van der Waals surface area contributed by atoms with Crippen LogP contribution < -0.4 is 10.1 Å². The molecule has 0 spiro atoms. The van der Waals surface area contributed by atoms with Gasteiger partial charge in [-0.25, -0.2) is 0 Å². The van der Waals surface area contributed by atoms with Crippen LogP contribution in [0.5, 0.6) is 5.75 Å². The Labute approximate surface area is 158 Å². The van der Waals surface area contributed by atoms with E-state index in [1.165, 1.54) is 25.9 Å². The van der Waals surface area contributed by atoms with Gasteiger partial charge in [0.2, 0.25) is 0 Å². The fourth-order valence-corrected chi connectivity index (χ4v) is 3.43. The van der Waals surface area contributed by atoms with Crippen molar-refractivity contribution < 1.29 is 14.3 Å². The zero-order valence-corrected chi connectivity index (χ0v) is 16.7. The van der Waals surface area contributed by atoms with Gasteiger partial charge in [0.25, 0.3) is 5.91 Å². The third-order valence-electron chi connectivity index (χ3n) is 4.93. The Morgan fingerprint density at radius 1 is 1.23 bits per heavy atom. The summed E-state index contributed by atoms with van der Waals surface area (Å²) in [6.07, 6.45) is 4.37. The molecule has 0 aromatic heterocycles. The predicted octanol–water partition coefficient (Wildman–Crippen LogP) is 3.94. The lowest BCUT2D eigenvalue weighted by molar-refractivity contribution is -0.137. The first-order valence-corrected chi connectivity index (χ1v) is 9.75. The minimum atomic E-state index is -0.821. The van der Waals surface area contributed by atoms with Crippen LogP contribution in [0.1, 0.15) is 46.5 Å². The highest BCUT2D eigenvalue weighted by Gasteiger charge is 2.33. The second kappa shape index (κ2) is 9.93. The monoisotopic (exact) mass is 362 g/mol. The molecule has 0 saturated carbocycles. The summed E-state index contributed by atoms with van der Waals surface area (Å²) in [5.74, 6) is 1.09. The molecule has 5 heteroatoms. The molecular formula is C21H34N2O3. The van der Waals surface area contributed by atoms with Crippen molar-refractivity contribution in [2.45, 2.75) is 52.1 Å². The van der Waals surface area contributed by atoms with Crippen molar-refractivity contribution in [3.63, 3.8) is 0 Å². The molecule has 1 atom stereocenters. The van der Waals surface area contributed by atoms with Crippen LogP contribution >= 0.6 is 0 Å². The molecule has 146 valence electrons. The van der Waals surface area contributed by atoms with Gasteiger partial charge in [-0.15, -0.1) is 0 Å². The molecule has 0 aliphatic carbocycles. The number of anilines is 1. The summed E-state index contributed by atoms with van der Waals surface area (Å²) in [6.45, 7) is 10.3. The molecule has 0 bridgehead atoms. The third kappa shape index (κ3) is 6.29. The lowest BCUT2D eigenvalue weighted by atomic mass is 9.93. The Morgan fingerprint density at radius 3 is 2.46 bits per heavy atom. The minimum absolute atomic E-state index is 0.118. The molecule has 2 rings (SSSR count). The van der Waals surface area contributed by atoms with Gasteiger partial charge in [0.05, 0.1) is 6.61 Å². The number of nitrogens with zero attached hydrogens (tertiary/aromatic N) is 1. The van der Waals surface area contributed by atoms with E-state index in [2.05, 4.69) is 24.1 Å². The van der Waals surface area contributed by atoms with Gasteiger partial charge in [0, 0.05) is 19.3 Å². The minimum Gasteiger partial charge on any atom is -0.494 e. The van der Waals surface area contributed by atoms with Crippen LogP contribution in [0.15, 0.2) is 24.3 Å². The Hall–Kier alpha value is -1.59. The first-order valence-electron chi connectivity index (χ1n) is 9.75. The number of amides is 1. The lowest BCUT2D eigenvalue weighted by Crippen LogP contribution is -2.43. The zero-order chi connectivity index (χ0) is 19.0. The van der Waals surface area contributed by atoms with Crippen LogP contribution in [-0.4, -0.2) is 49.8 Å². The number of methoxy groups -OCH3 is 1. The average molecular weight is 363 g/mol. The third-order valence-corrected chi connectivity index (χ3v) is 4.93. The second-order valence-electron chi connectivity index (χ2n) is 7.76. The van der Waals surface area contributed by atoms with Crippen molar-refractivity contribution in [3.05, 3.63) is 24.3 Å². The summed E-state index contributed by atoms with van der Waals surface area (Å²) in [5.41, 5.74) is -0.0646. The van der Waals surface area contributed by atoms with Crippen LogP contribution in [0, 0.1) is 5.92 Å². The number of rotatable bonds is 10. The Bertz CT molecular complexity index is 553. The highest BCUT2D eigenvalue weighted by Crippen LogP contribution is 2.23. The molecule has 1 amide bonds. The molecule has 0 radical (unpaired) electrons. The van der Waals surface area contributed by atoms with Gasteiger partial charge in [0.1, 0.15) is 11.4 Å². The van der Waals surface area contributed by atoms with Crippen molar-refractivity contribution in [1.29, 1.82) is 0 Å². The molecule has 1 aromatic rings. The van der Waals surface area contributed by atoms with Gasteiger partial charge >= 0.3 is 0 Å². The summed E-state index contributed by atoms with van der Waals surface area (Å²) in [4.78, 5) is 15.0. The predicted molar refractivity (Wildman–Crippen MR) is 106 cm³/mol. The first kappa shape index (κ1) is 20.7. The molecule has 1 aromatic carbocycles. The van der Waals surface area contributed by atoms with Crippen molar-refractivity contribution in [3.8, 4) is 5.75 Å². The van der Waals surface area contributed by atoms with Crippen LogP contribution in [0.3, 0.4) is 0 Å². The summed E-state index contributed by atoms with van der Waals surface area (Å²) in [7, 11) is 1.58. The highest BCUT2D eigenvalue weighted by atomic mass is 16.5. The summed E-state index contributed by atoms with van der Waals surface area (Å²) in [6, 6.07) is 7.55. The Kier molecular flexibility index (Phi) is 7.91. The normalized spacial score (nSPS) is 17.3. The van der Waals surface area contributed by atoms with E-state index < -0.39 is 5.60 Å². The van der Waals surface area contributed by atoms with Gasteiger partial charge in [-0.3, -0.25) is 4.79 Å². The molecule has 26 heavy (non-hydrogen) atoms. The number of carbonyl (C=O) groups excluding carboxylic acids is 1. The van der Waals surface area contributed by atoms with Gasteiger partial charge in [-0.05, 0) is 75.9 Å². The molecule has 1 fully saturated rings. The Balaban J connectivity index is 1.77. The number of hydrogen-bond acceptors (Lipinski definition) is 4. The molecule has 1 saturated heterocycles. The molecule has 1 aliphatic rings. The van der Waals surface area contributed by atoms with Crippen LogP contribution in [0.2, 0.25) is 0 Å². The number of hydrogen-bond donors (Lipinski definition) is 1. The summed E-state index contributed by atoms with van der Waals surface area (Å²) in [5, 5.41) is 2.94. The van der Waals surface area contributed by atoms with Crippen molar-refractivity contribution >= 4 is 11.6 Å². The quantitative estimate of drug-likeness (QED) is 0.641. The summed E-state index contributed by atoms with van der Waals surface area (Å²) < 4.78 is 11.3. The van der Waals surface area contributed by atoms with E-state index in [1.54, 1.807) is 7.11 Å². The van der Waals surface area contributed by atoms with Crippen molar-refractivity contribution in [2.24, 2.45) is 5.92 Å². The number of ether oxygens (including phenoxy) is 2. The smallest absolute Gasteiger partial charge is 0.256 e. The fourth-order valence-electron chi connectivity index (χ4n) is 3.43. The van der Waals surface area contributed by atoms with E-state index in [1.807, 2.05) is 31.2 Å². The molecule has 1 aliphatic heterocycles. The molecule has 5 nitrogen and oxygen atoms in total. The summed E-state index contributed by atoms with van der Waals surface area (Å²) >= 11 is 0. The zero-order valence-electron chi connectivity index (χ0n) is 16.7. The van der Waals surface area contributed by atoms with Crippen LogP contribution in [-0.2, 0) is 9.53 Å². The lowest BCUT2D eigenvalue weighted by Gasteiger charge is -2.28. The molecule has 1 unspecified atom stereocenters. The number of carbonyl (C=O) groups is 1. The number of nitrogens with one attached hydrogen (secondary N) is 1. The highest BCUT2D eigenvalue weighted by molar-refractivity contribution is 5.97. The largest absolute Gasteiger partial charge is 0.494 e. The molecule has 1 N–H and O–H groups in total. The number of benzene rings is 1. The van der Waals surface area contributed by atoms with Gasteiger partial charge < -0.3 is 19.7 Å². The SMILES string of the molecule is COC(C)(CC(C)C)C(=O)Nc1ccc(OCCCN2CCCC2)cc1. The molecule has 1 heterocycles. The van der Waals surface area contributed by atoms with Crippen LogP contribution in [0.25, 0.3) is 0 Å². The maximum atomic E-state index is 12.6. The van der Waals surface area contributed by atoms with E-state index in [9.17, 15) is 4.79 Å². The fraction of sp³-hybridized carbons (Fsp3) is 0.667. The van der Waals surface area contributed by atoms with E-state index >= 15 is 0 Å². The van der Waals surface area contributed by atoms with Crippen LogP contribution in [0.4, 0.5) is 5.69 Å². The van der Waals surface area contributed by atoms with Crippen molar-refractivity contribution in [2.75, 3.05) is 38.7 Å². The van der Waals surface area contributed by atoms with Gasteiger partial charge in [0.15, 0.2) is 0 Å². The van der Waals surface area contributed by atoms with Crippen molar-refractivity contribution in [1.82, 2.24) is 4.90 Å². The van der Waals surface area contributed by atoms with Gasteiger partial charge in [-0.2, -0.15) is 0 Å². The second-order valence-corrected chi connectivity index (χ2v) is 7.76. The topological polar surface area (TPSA) is 50.8 Å². The molecular weight excluding hydrogens is 328 g/mol. The van der Waals surface area contributed by atoms with E-state index in [-0.39, 0.29) is 5.91 Å². The first-order chi connectivity index (χ1) is 12.4. The maximum absolute atomic E-state index is 12.6. The van der Waals surface area contributed by atoms with Gasteiger partial charge in [-0.1, -0.05) is 13.8 Å². The average Bonchev–Trinajstić information content (AvgIpc) is 3.13.